The second kappa shape index (κ2) is 8.79. The lowest BCUT2D eigenvalue weighted by Crippen LogP contribution is -2.70. The van der Waals surface area contributed by atoms with Crippen LogP contribution in [-0.4, -0.2) is 54.9 Å². The number of benzene rings is 1. The fourth-order valence-corrected chi connectivity index (χ4v) is 5.73. The number of nitrogens with zero attached hydrogens (tertiary/aromatic N) is 4. The third-order valence-corrected chi connectivity index (χ3v) is 7.24. The quantitative estimate of drug-likeness (QED) is 0.491. The number of thioether (sulfide) groups is 2. The summed E-state index contributed by atoms with van der Waals surface area (Å²) < 4.78 is 0. The van der Waals surface area contributed by atoms with Crippen LogP contribution in [0.1, 0.15) is 11.1 Å². The molecule has 0 spiro atoms. The molecule has 2 N–H and O–H groups in total. The molecule has 1 saturated heterocycles. The normalized spacial score (nSPS) is 19.8. The van der Waals surface area contributed by atoms with E-state index in [2.05, 4.69) is 15.3 Å². The average molecular weight is 454 g/mol. The number of hydrogen-bond donors (Lipinski definition) is 2. The summed E-state index contributed by atoms with van der Waals surface area (Å²) in [5, 5.41) is 21.5. The fraction of sp³-hybridized carbons (Fsp3) is 0.200. The lowest BCUT2D eigenvalue weighted by Gasteiger charge is -2.49. The van der Waals surface area contributed by atoms with E-state index in [4.69, 9.17) is 0 Å². The number of amides is 2. The zero-order valence-corrected chi connectivity index (χ0v) is 17.5. The Kier molecular flexibility index (Phi) is 5.92. The Hall–Kier alpha value is -3.36. The molecular weight excluding hydrogens is 438 g/mol. The van der Waals surface area contributed by atoms with Gasteiger partial charge in [0.1, 0.15) is 40.1 Å². The SMILES string of the molecule is N#Cc1cncnc1SC1=C(C(=O)O)N2C(=O)C(NC(=O)Cc3ccccc3)[C@H]2SC1. The van der Waals surface area contributed by atoms with Crippen LogP contribution in [0.5, 0.6) is 0 Å². The number of nitrogens with one attached hydrogen (secondary N) is 1. The second-order valence-electron chi connectivity index (χ2n) is 6.65. The molecule has 31 heavy (non-hydrogen) atoms. The molecule has 1 unspecified atom stereocenters. The van der Waals surface area contributed by atoms with Crippen molar-refractivity contribution in [3.05, 3.63) is 64.6 Å². The lowest BCUT2D eigenvalue weighted by atomic mass is 10.0. The number of fused-ring (bicyclic) bond motifs is 1. The summed E-state index contributed by atoms with van der Waals surface area (Å²) in [6, 6.07) is 10.3. The van der Waals surface area contributed by atoms with Crippen molar-refractivity contribution in [2.24, 2.45) is 0 Å². The summed E-state index contributed by atoms with van der Waals surface area (Å²) in [5.74, 6) is -1.72. The van der Waals surface area contributed by atoms with E-state index in [9.17, 15) is 24.8 Å². The van der Waals surface area contributed by atoms with E-state index in [-0.39, 0.29) is 23.6 Å². The molecule has 3 heterocycles. The minimum absolute atomic E-state index is 0.134. The van der Waals surface area contributed by atoms with Gasteiger partial charge in [0, 0.05) is 16.9 Å². The summed E-state index contributed by atoms with van der Waals surface area (Å²) in [4.78, 5) is 46.5. The van der Waals surface area contributed by atoms with Crippen LogP contribution < -0.4 is 5.32 Å². The maximum Gasteiger partial charge on any atom is 0.353 e. The van der Waals surface area contributed by atoms with Crippen LogP contribution in [0, 0.1) is 11.3 Å². The summed E-state index contributed by atoms with van der Waals surface area (Å²) in [7, 11) is 0. The van der Waals surface area contributed by atoms with Gasteiger partial charge < -0.3 is 10.4 Å². The molecule has 4 rings (SSSR count). The van der Waals surface area contributed by atoms with E-state index in [1.165, 1.54) is 29.2 Å². The number of carboxylic acid groups (broad SMARTS) is 1. The van der Waals surface area contributed by atoms with Crippen molar-refractivity contribution in [3.8, 4) is 6.07 Å². The third-order valence-electron chi connectivity index (χ3n) is 4.68. The van der Waals surface area contributed by atoms with Gasteiger partial charge >= 0.3 is 5.97 Å². The highest BCUT2D eigenvalue weighted by Crippen LogP contribution is 2.45. The molecule has 1 aromatic heterocycles. The van der Waals surface area contributed by atoms with E-state index in [1.54, 1.807) is 0 Å². The number of carboxylic acids is 1. The predicted octanol–water partition coefficient (Wildman–Crippen LogP) is 1.38. The number of carbonyl (C=O) groups is 3. The number of nitriles is 1. The van der Waals surface area contributed by atoms with Crippen LogP contribution in [0.25, 0.3) is 0 Å². The Morgan fingerprint density at radius 3 is 2.84 bits per heavy atom. The van der Waals surface area contributed by atoms with Crippen LogP contribution >= 0.6 is 23.5 Å². The molecule has 11 heteroatoms. The molecule has 2 aliphatic rings. The molecule has 2 atom stereocenters. The Morgan fingerprint density at radius 1 is 1.35 bits per heavy atom. The van der Waals surface area contributed by atoms with Crippen LogP contribution in [0.3, 0.4) is 0 Å². The van der Waals surface area contributed by atoms with Crippen molar-refractivity contribution in [1.29, 1.82) is 5.26 Å². The van der Waals surface area contributed by atoms with Gasteiger partial charge in [0.05, 0.1) is 6.42 Å². The van der Waals surface area contributed by atoms with Gasteiger partial charge in [-0.15, -0.1) is 11.8 Å². The fourth-order valence-electron chi connectivity index (χ4n) is 3.27. The summed E-state index contributed by atoms with van der Waals surface area (Å²) >= 11 is 2.39. The minimum atomic E-state index is -1.25. The molecule has 0 saturated carbocycles. The molecule has 0 radical (unpaired) electrons. The first kappa shape index (κ1) is 20.9. The van der Waals surface area contributed by atoms with Crippen molar-refractivity contribution in [3.63, 3.8) is 0 Å². The number of rotatable bonds is 6. The number of aromatic nitrogens is 2. The molecule has 1 aromatic carbocycles. The van der Waals surface area contributed by atoms with Crippen LogP contribution in [0.2, 0.25) is 0 Å². The van der Waals surface area contributed by atoms with Crippen molar-refractivity contribution in [2.75, 3.05) is 5.75 Å². The number of carbonyl (C=O) groups excluding carboxylic acids is 2. The molecule has 2 amide bonds. The highest BCUT2D eigenvalue weighted by Gasteiger charge is 2.54. The van der Waals surface area contributed by atoms with Gasteiger partial charge in [-0.25, -0.2) is 14.8 Å². The molecule has 156 valence electrons. The smallest absolute Gasteiger partial charge is 0.353 e. The zero-order chi connectivity index (χ0) is 22.0. The van der Waals surface area contributed by atoms with Crippen molar-refractivity contribution in [2.45, 2.75) is 22.9 Å². The lowest BCUT2D eigenvalue weighted by molar-refractivity contribution is -0.150. The highest BCUT2D eigenvalue weighted by molar-refractivity contribution is 8.06. The molecule has 2 aliphatic heterocycles. The van der Waals surface area contributed by atoms with Gasteiger partial charge in [0.15, 0.2) is 0 Å². The first-order valence-corrected chi connectivity index (χ1v) is 11.0. The Labute approximate surface area is 185 Å². The molecule has 9 nitrogen and oxygen atoms in total. The summed E-state index contributed by atoms with van der Waals surface area (Å²) in [6.45, 7) is 0. The van der Waals surface area contributed by atoms with Gasteiger partial charge in [0.2, 0.25) is 5.91 Å². The van der Waals surface area contributed by atoms with Gasteiger partial charge in [-0.2, -0.15) is 5.26 Å². The summed E-state index contributed by atoms with van der Waals surface area (Å²) in [5.41, 5.74) is 0.899. The van der Waals surface area contributed by atoms with Gasteiger partial charge in [-0.1, -0.05) is 42.1 Å². The van der Waals surface area contributed by atoms with E-state index in [1.807, 2.05) is 36.4 Å². The van der Waals surface area contributed by atoms with E-state index >= 15 is 0 Å². The van der Waals surface area contributed by atoms with Crippen molar-refractivity contribution < 1.29 is 19.5 Å². The van der Waals surface area contributed by atoms with Gasteiger partial charge in [-0.3, -0.25) is 14.5 Å². The monoisotopic (exact) mass is 453 g/mol. The van der Waals surface area contributed by atoms with Crippen LogP contribution in [0.4, 0.5) is 0 Å². The standard InChI is InChI=1S/C20H15N5O4S2/c21-7-12-8-22-10-23-17(12)31-13-9-30-19-15(18(27)25(19)16(13)20(28)29)24-14(26)6-11-4-2-1-3-5-11/h1-5,8,10,15,19H,6,9H2,(H,24,26)(H,28,29)/t15?,19-/m1/s1. The topological polar surface area (TPSA) is 136 Å². The highest BCUT2D eigenvalue weighted by atomic mass is 32.2. The molecule has 0 aliphatic carbocycles. The maximum absolute atomic E-state index is 12.7. The van der Waals surface area contributed by atoms with E-state index < -0.39 is 23.3 Å². The molecule has 1 fully saturated rings. The number of aliphatic carboxylic acids is 1. The largest absolute Gasteiger partial charge is 0.477 e. The van der Waals surface area contributed by atoms with Crippen LogP contribution in [-0.2, 0) is 20.8 Å². The van der Waals surface area contributed by atoms with Crippen LogP contribution in [0.15, 0.2) is 58.5 Å². The van der Waals surface area contributed by atoms with Crippen molar-refractivity contribution >= 4 is 41.3 Å². The van der Waals surface area contributed by atoms with Crippen molar-refractivity contribution in [1.82, 2.24) is 20.2 Å². The Bertz CT molecular complexity index is 1130. The second-order valence-corrected chi connectivity index (χ2v) is 8.84. The average Bonchev–Trinajstić information content (AvgIpc) is 2.78. The van der Waals surface area contributed by atoms with Gasteiger partial charge in [-0.05, 0) is 5.56 Å². The molecular formula is C20H15N5O4S2. The number of β-lactam (4-membered cyclic amide) rings is 1. The first-order chi connectivity index (χ1) is 15.0. The summed E-state index contributed by atoms with van der Waals surface area (Å²) in [6.07, 6.45) is 2.76. The van der Waals surface area contributed by atoms with Gasteiger partial charge in [0.25, 0.3) is 5.91 Å². The predicted molar refractivity (Wildman–Crippen MR) is 112 cm³/mol. The Balaban J connectivity index is 1.51. The molecule has 2 aromatic rings. The Morgan fingerprint density at radius 2 is 2.13 bits per heavy atom. The zero-order valence-electron chi connectivity index (χ0n) is 15.9. The minimum Gasteiger partial charge on any atom is -0.477 e. The maximum atomic E-state index is 12.7. The first-order valence-electron chi connectivity index (χ1n) is 9.12. The van der Waals surface area contributed by atoms with E-state index in [0.29, 0.717) is 15.7 Å². The third kappa shape index (κ3) is 4.12. The number of hydrogen-bond acceptors (Lipinski definition) is 8. The van der Waals surface area contributed by atoms with E-state index in [0.717, 1.165) is 17.3 Å². The molecule has 0 bridgehead atoms.